The molecule has 0 aliphatic heterocycles. The predicted octanol–water partition coefficient (Wildman–Crippen LogP) is 1.06. The van der Waals surface area contributed by atoms with E-state index in [0.29, 0.717) is 25.8 Å². The van der Waals surface area contributed by atoms with Gasteiger partial charge in [-0.2, -0.15) is 16.9 Å². The molecule has 0 saturated heterocycles. The van der Waals surface area contributed by atoms with Crippen molar-refractivity contribution < 1.29 is 9.84 Å². The topological polar surface area (TPSA) is 59.3 Å². The second kappa shape index (κ2) is 8.38. The number of nitrogens with one attached hydrogen (secondary N) is 1. The van der Waals surface area contributed by atoms with Gasteiger partial charge in [0.15, 0.2) is 0 Å². The van der Waals surface area contributed by atoms with Gasteiger partial charge in [0.2, 0.25) is 0 Å². The molecule has 98 valence electrons. The Hall–Kier alpha value is -0.720. The third-order valence-electron chi connectivity index (χ3n) is 2.16. The summed E-state index contributed by atoms with van der Waals surface area (Å²) in [6, 6.07) is 0.438. The van der Waals surface area contributed by atoms with Crippen LogP contribution in [0.2, 0.25) is 0 Å². The highest BCUT2D eigenvalue weighted by molar-refractivity contribution is 7.98. The third-order valence-corrected chi connectivity index (χ3v) is 3.00. The van der Waals surface area contributed by atoms with Crippen LogP contribution in [0.4, 0.5) is 5.69 Å². The van der Waals surface area contributed by atoms with E-state index in [2.05, 4.69) is 23.6 Å². The van der Waals surface area contributed by atoms with Crippen LogP contribution in [0, 0.1) is 0 Å². The molecule has 0 saturated carbocycles. The zero-order valence-electron chi connectivity index (χ0n) is 10.4. The van der Waals surface area contributed by atoms with Gasteiger partial charge in [0.1, 0.15) is 0 Å². The number of ether oxygens (including phenoxy) is 1. The summed E-state index contributed by atoms with van der Waals surface area (Å²) in [7, 11) is 0. The summed E-state index contributed by atoms with van der Waals surface area (Å²) in [5.41, 5.74) is 1.04. The molecule has 1 rings (SSSR count). The highest BCUT2D eigenvalue weighted by Gasteiger charge is 2.03. The van der Waals surface area contributed by atoms with Crippen LogP contribution < -0.4 is 5.32 Å². The maximum absolute atomic E-state index is 8.56. The van der Waals surface area contributed by atoms with Gasteiger partial charge in [0.25, 0.3) is 0 Å². The van der Waals surface area contributed by atoms with E-state index in [1.807, 2.05) is 28.8 Å². The molecule has 0 aliphatic rings. The second-order valence-electron chi connectivity index (χ2n) is 3.83. The number of rotatable bonds is 9. The average molecular weight is 259 g/mol. The summed E-state index contributed by atoms with van der Waals surface area (Å²) in [6.07, 6.45) is 5.89. The zero-order chi connectivity index (χ0) is 12.5. The molecular weight excluding hydrogens is 238 g/mol. The molecule has 1 atom stereocenters. The molecule has 17 heavy (non-hydrogen) atoms. The number of aliphatic hydroxyl groups is 1. The van der Waals surface area contributed by atoms with E-state index < -0.39 is 0 Å². The van der Waals surface area contributed by atoms with E-state index in [0.717, 1.165) is 11.4 Å². The Morgan fingerprint density at radius 2 is 2.41 bits per heavy atom. The number of nitrogens with zero attached hydrogens (tertiary/aromatic N) is 2. The summed E-state index contributed by atoms with van der Waals surface area (Å²) in [5.74, 6) is 1.07. The number of anilines is 1. The fourth-order valence-electron chi connectivity index (χ4n) is 1.46. The number of aliphatic hydroxyl groups excluding tert-OH is 1. The smallest absolute Gasteiger partial charge is 0.0728 e. The SMILES string of the molecule is CSCC(C)Nc1cnn(CCOCCO)c1. The lowest BCUT2D eigenvalue weighted by atomic mass is 10.4. The van der Waals surface area contributed by atoms with Gasteiger partial charge >= 0.3 is 0 Å². The minimum absolute atomic E-state index is 0.0676. The lowest BCUT2D eigenvalue weighted by Gasteiger charge is -2.11. The molecule has 0 aliphatic carbocycles. The Morgan fingerprint density at radius 3 is 3.12 bits per heavy atom. The summed E-state index contributed by atoms with van der Waals surface area (Å²) in [4.78, 5) is 0. The molecule has 0 fully saturated rings. The molecule has 0 aromatic carbocycles. The Kier molecular flexibility index (Phi) is 7.07. The van der Waals surface area contributed by atoms with Crippen LogP contribution in [-0.4, -0.2) is 52.8 Å². The van der Waals surface area contributed by atoms with E-state index in [9.17, 15) is 0 Å². The molecule has 1 aromatic rings. The number of hydrogen-bond acceptors (Lipinski definition) is 5. The van der Waals surface area contributed by atoms with E-state index in [-0.39, 0.29) is 6.61 Å². The van der Waals surface area contributed by atoms with Gasteiger partial charge in [-0.3, -0.25) is 4.68 Å². The second-order valence-corrected chi connectivity index (χ2v) is 4.74. The molecule has 0 bridgehead atoms. The lowest BCUT2D eigenvalue weighted by Crippen LogP contribution is -2.17. The Balaban J connectivity index is 2.27. The fourth-order valence-corrected chi connectivity index (χ4v) is 2.04. The minimum Gasteiger partial charge on any atom is -0.394 e. The van der Waals surface area contributed by atoms with E-state index in [1.165, 1.54) is 0 Å². The van der Waals surface area contributed by atoms with E-state index in [1.54, 1.807) is 0 Å². The minimum atomic E-state index is 0.0676. The Morgan fingerprint density at radius 1 is 1.59 bits per heavy atom. The Bertz CT molecular complexity index is 307. The van der Waals surface area contributed by atoms with Crippen LogP contribution in [0.15, 0.2) is 12.4 Å². The lowest BCUT2D eigenvalue weighted by molar-refractivity contribution is 0.0854. The van der Waals surface area contributed by atoms with E-state index in [4.69, 9.17) is 9.84 Å². The van der Waals surface area contributed by atoms with Crippen molar-refractivity contribution in [1.82, 2.24) is 9.78 Å². The monoisotopic (exact) mass is 259 g/mol. The highest BCUT2D eigenvalue weighted by Crippen LogP contribution is 2.08. The fraction of sp³-hybridized carbons (Fsp3) is 0.727. The van der Waals surface area contributed by atoms with Crippen molar-refractivity contribution in [3.05, 3.63) is 12.4 Å². The van der Waals surface area contributed by atoms with Crippen molar-refractivity contribution in [3.63, 3.8) is 0 Å². The zero-order valence-corrected chi connectivity index (χ0v) is 11.2. The predicted molar refractivity (Wildman–Crippen MR) is 71.6 cm³/mol. The van der Waals surface area contributed by atoms with Crippen LogP contribution in [-0.2, 0) is 11.3 Å². The van der Waals surface area contributed by atoms with Crippen LogP contribution in [0.3, 0.4) is 0 Å². The molecule has 0 amide bonds. The van der Waals surface area contributed by atoms with Crippen LogP contribution in [0.5, 0.6) is 0 Å². The maximum atomic E-state index is 8.56. The standard InChI is InChI=1S/C11H21N3O2S/c1-10(9-17-2)13-11-7-12-14(8-11)3-5-16-6-4-15/h7-8,10,13,15H,3-6,9H2,1-2H3. The Labute approximate surface area is 107 Å². The summed E-state index contributed by atoms with van der Waals surface area (Å²) < 4.78 is 7.02. The van der Waals surface area contributed by atoms with Gasteiger partial charge in [0.05, 0.1) is 38.2 Å². The first kappa shape index (κ1) is 14.3. The van der Waals surface area contributed by atoms with Crippen LogP contribution >= 0.6 is 11.8 Å². The van der Waals surface area contributed by atoms with Gasteiger partial charge in [-0.05, 0) is 13.2 Å². The molecule has 1 unspecified atom stereocenters. The normalized spacial score (nSPS) is 12.6. The first-order valence-corrected chi connectivity index (χ1v) is 7.12. The van der Waals surface area contributed by atoms with Crippen molar-refractivity contribution in [3.8, 4) is 0 Å². The third kappa shape index (κ3) is 5.95. The molecule has 0 spiro atoms. The summed E-state index contributed by atoms with van der Waals surface area (Å²) >= 11 is 1.82. The summed E-state index contributed by atoms with van der Waals surface area (Å²) in [5, 5.41) is 16.2. The van der Waals surface area contributed by atoms with Crippen molar-refractivity contribution in [2.24, 2.45) is 0 Å². The first-order chi connectivity index (χ1) is 8.26. The van der Waals surface area contributed by atoms with Gasteiger partial charge in [0, 0.05) is 18.0 Å². The quantitative estimate of drug-likeness (QED) is 0.649. The molecule has 1 heterocycles. The largest absolute Gasteiger partial charge is 0.394 e. The maximum Gasteiger partial charge on any atom is 0.0728 e. The first-order valence-electron chi connectivity index (χ1n) is 5.72. The molecule has 2 N–H and O–H groups in total. The number of thioether (sulfide) groups is 1. The molecule has 0 radical (unpaired) electrons. The molecule has 6 heteroatoms. The highest BCUT2D eigenvalue weighted by atomic mass is 32.2. The van der Waals surface area contributed by atoms with Crippen molar-refractivity contribution in [2.75, 3.05) is 37.1 Å². The molecular formula is C11H21N3O2S. The van der Waals surface area contributed by atoms with Crippen molar-refractivity contribution in [2.45, 2.75) is 19.5 Å². The average Bonchev–Trinajstić information content (AvgIpc) is 2.72. The van der Waals surface area contributed by atoms with Gasteiger partial charge in [-0.25, -0.2) is 0 Å². The number of aromatic nitrogens is 2. The number of hydrogen-bond donors (Lipinski definition) is 2. The molecule has 1 aromatic heterocycles. The van der Waals surface area contributed by atoms with Crippen molar-refractivity contribution >= 4 is 17.4 Å². The van der Waals surface area contributed by atoms with E-state index >= 15 is 0 Å². The summed E-state index contributed by atoms with van der Waals surface area (Å²) in [6.45, 7) is 3.88. The van der Waals surface area contributed by atoms with Gasteiger partial charge < -0.3 is 15.2 Å². The van der Waals surface area contributed by atoms with Gasteiger partial charge in [-0.1, -0.05) is 0 Å². The molecule has 5 nitrogen and oxygen atoms in total. The van der Waals surface area contributed by atoms with Crippen molar-refractivity contribution in [1.29, 1.82) is 0 Å². The van der Waals surface area contributed by atoms with Crippen LogP contribution in [0.1, 0.15) is 6.92 Å². The van der Waals surface area contributed by atoms with Gasteiger partial charge in [-0.15, -0.1) is 0 Å². The van der Waals surface area contributed by atoms with Crippen LogP contribution in [0.25, 0.3) is 0 Å².